The lowest BCUT2D eigenvalue weighted by atomic mass is 10.2. The van der Waals surface area contributed by atoms with Crippen LogP contribution < -0.4 is 9.64 Å². The molecule has 0 atom stereocenters. The maximum Gasteiger partial charge on any atom is 0.420 e. The van der Waals surface area contributed by atoms with Crippen LogP contribution >= 0.6 is 11.8 Å². The van der Waals surface area contributed by atoms with Gasteiger partial charge < -0.3 is 9.64 Å². The van der Waals surface area contributed by atoms with E-state index in [1.807, 2.05) is 51.1 Å². The predicted molar refractivity (Wildman–Crippen MR) is 112 cm³/mol. The molecule has 0 radical (unpaired) electrons. The number of halogens is 3. The van der Waals surface area contributed by atoms with Gasteiger partial charge in [-0.3, -0.25) is 0 Å². The van der Waals surface area contributed by atoms with E-state index in [4.69, 9.17) is 4.74 Å². The highest BCUT2D eigenvalue weighted by molar-refractivity contribution is 7.99. The SMILES string of the molecule is CCN(c1ncc(C(F)(F)F)c(Sc2ccccc2)n1)c1ccccc1OC(C)C. The van der Waals surface area contributed by atoms with Crippen molar-refractivity contribution in [3.8, 4) is 5.75 Å². The molecule has 0 aliphatic carbocycles. The molecule has 158 valence electrons. The summed E-state index contributed by atoms with van der Waals surface area (Å²) in [4.78, 5) is 10.8. The van der Waals surface area contributed by atoms with Crippen molar-refractivity contribution in [1.82, 2.24) is 9.97 Å². The molecule has 0 amide bonds. The van der Waals surface area contributed by atoms with Gasteiger partial charge in [-0.05, 0) is 45.0 Å². The van der Waals surface area contributed by atoms with Crippen LogP contribution in [0.3, 0.4) is 0 Å². The molecule has 3 aromatic rings. The van der Waals surface area contributed by atoms with E-state index in [-0.39, 0.29) is 17.1 Å². The van der Waals surface area contributed by atoms with Gasteiger partial charge in [-0.1, -0.05) is 42.1 Å². The zero-order valence-electron chi connectivity index (χ0n) is 16.8. The van der Waals surface area contributed by atoms with Crippen LogP contribution in [-0.2, 0) is 6.18 Å². The Labute approximate surface area is 178 Å². The normalized spacial score (nSPS) is 11.6. The molecule has 0 aliphatic rings. The standard InChI is InChI=1S/C22H22F3N3OS/c1-4-28(18-12-8-9-13-19(18)29-15(2)3)21-26-14-17(22(23,24)25)20(27-21)30-16-10-6-5-7-11-16/h5-15H,4H2,1-3H3. The molecule has 0 N–H and O–H groups in total. The van der Waals surface area contributed by atoms with E-state index in [1.54, 1.807) is 29.2 Å². The van der Waals surface area contributed by atoms with Gasteiger partial charge in [0.15, 0.2) is 0 Å². The number of alkyl halides is 3. The summed E-state index contributed by atoms with van der Waals surface area (Å²) in [6.07, 6.45) is -3.75. The van der Waals surface area contributed by atoms with E-state index >= 15 is 0 Å². The van der Waals surface area contributed by atoms with Gasteiger partial charge in [-0.2, -0.15) is 13.2 Å². The Morgan fingerprint density at radius 2 is 1.70 bits per heavy atom. The number of benzene rings is 2. The molecule has 1 heterocycles. The van der Waals surface area contributed by atoms with Gasteiger partial charge >= 0.3 is 6.18 Å². The first-order chi connectivity index (χ1) is 14.3. The van der Waals surface area contributed by atoms with Crippen molar-refractivity contribution in [2.24, 2.45) is 0 Å². The smallest absolute Gasteiger partial charge is 0.420 e. The third kappa shape index (κ3) is 5.24. The Bertz CT molecular complexity index is 981. The quantitative estimate of drug-likeness (QED) is 0.393. The van der Waals surface area contributed by atoms with Crippen molar-refractivity contribution in [1.29, 1.82) is 0 Å². The van der Waals surface area contributed by atoms with Gasteiger partial charge in [-0.15, -0.1) is 0 Å². The number of anilines is 2. The fraction of sp³-hybridized carbons (Fsp3) is 0.273. The van der Waals surface area contributed by atoms with E-state index in [0.29, 0.717) is 22.9 Å². The van der Waals surface area contributed by atoms with E-state index in [9.17, 15) is 13.2 Å². The molecule has 1 aromatic heterocycles. The van der Waals surface area contributed by atoms with E-state index in [2.05, 4.69) is 9.97 Å². The van der Waals surface area contributed by atoms with Crippen LogP contribution in [-0.4, -0.2) is 22.6 Å². The van der Waals surface area contributed by atoms with Gasteiger partial charge in [0.05, 0.1) is 11.8 Å². The average molecular weight is 433 g/mol. The van der Waals surface area contributed by atoms with Crippen molar-refractivity contribution in [3.05, 3.63) is 66.4 Å². The first-order valence-corrected chi connectivity index (χ1v) is 10.3. The second kappa shape index (κ2) is 9.38. The van der Waals surface area contributed by atoms with Gasteiger partial charge in [0.1, 0.15) is 16.3 Å². The molecule has 3 rings (SSSR count). The van der Waals surface area contributed by atoms with Crippen LogP contribution in [0.2, 0.25) is 0 Å². The van der Waals surface area contributed by atoms with Crippen LogP contribution in [0.4, 0.5) is 24.8 Å². The summed E-state index contributed by atoms with van der Waals surface area (Å²) in [7, 11) is 0. The summed E-state index contributed by atoms with van der Waals surface area (Å²) in [5, 5.41) is -0.139. The highest BCUT2D eigenvalue weighted by Gasteiger charge is 2.36. The Morgan fingerprint density at radius 1 is 1.03 bits per heavy atom. The van der Waals surface area contributed by atoms with Gasteiger partial charge in [0.25, 0.3) is 0 Å². The van der Waals surface area contributed by atoms with Crippen molar-refractivity contribution in [2.75, 3.05) is 11.4 Å². The highest BCUT2D eigenvalue weighted by Crippen LogP contribution is 2.40. The van der Waals surface area contributed by atoms with Gasteiger partial charge in [0.2, 0.25) is 5.95 Å². The lowest BCUT2D eigenvalue weighted by Gasteiger charge is -2.25. The minimum absolute atomic E-state index is 0.0532. The highest BCUT2D eigenvalue weighted by atomic mass is 32.2. The monoisotopic (exact) mass is 433 g/mol. The Kier molecular flexibility index (Phi) is 6.87. The summed E-state index contributed by atoms with van der Waals surface area (Å²) in [6, 6.07) is 16.2. The molecule has 0 spiro atoms. The van der Waals surface area contributed by atoms with E-state index < -0.39 is 11.7 Å². The van der Waals surface area contributed by atoms with E-state index in [1.165, 1.54) is 0 Å². The summed E-state index contributed by atoms with van der Waals surface area (Å²) >= 11 is 0.964. The van der Waals surface area contributed by atoms with Crippen LogP contribution in [0.1, 0.15) is 26.3 Å². The van der Waals surface area contributed by atoms with Crippen molar-refractivity contribution < 1.29 is 17.9 Å². The molecule has 2 aromatic carbocycles. The minimum atomic E-state index is -4.55. The maximum atomic E-state index is 13.6. The van der Waals surface area contributed by atoms with Crippen molar-refractivity contribution in [2.45, 2.75) is 43.0 Å². The number of para-hydroxylation sites is 2. The van der Waals surface area contributed by atoms with Crippen LogP contribution in [0, 0.1) is 0 Å². The lowest BCUT2D eigenvalue weighted by Crippen LogP contribution is -2.22. The Hall–Kier alpha value is -2.74. The molecule has 8 heteroatoms. The molecule has 4 nitrogen and oxygen atoms in total. The zero-order valence-corrected chi connectivity index (χ0v) is 17.7. The van der Waals surface area contributed by atoms with Crippen molar-refractivity contribution in [3.63, 3.8) is 0 Å². The molecule has 0 bridgehead atoms. The first-order valence-electron chi connectivity index (χ1n) is 9.50. The number of nitrogens with zero attached hydrogens (tertiary/aromatic N) is 3. The number of aromatic nitrogens is 2. The molecule has 0 fully saturated rings. The van der Waals surface area contributed by atoms with Gasteiger partial charge in [0, 0.05) is 17.6 Å². The van der Waals surface area contributed by atoms with Gasteiger partial charge in [-0.25, -0.2) is 9.97 Å². The molecule has 0 unspecified atom stereocenters. The number of hydrogen-bond donors (Lipinski definition) is 0. The Morgan fingerprint density at radius 3 is 2.33 bits per heavy atom. The fourth-order valence-electron chi connectivity index (χ4n) is 2.81. The first kappa shape index (κ1) is 22.0. The topological polar surface area (TPSA) is 38.2 Å². The number of rotatable bonds is 7. The molecule has 0 aliphatic heterocycles. The van der Waals surface area contributed by atoms with Crippen LogP contribution in [0.5, 0.6) is 5.75 Å². The largest absolute Gasteiger partial charge is 0.489 e. The summed E-state index contributed by atoms with van der Waals surface area (Å²) < 4.78 is 46.6. The summed E-state index contributed by atoms with van der Waals surface area (Å²) in [5.41, 5.74) is -0.160. The van der Waals surface area contributed by atoms with Crippen molar-refractivity contribution >= 4 is 23.4 Å². The second-order valence-electron chi connectivity index (χ2n) is 6.68. The fourth-order valence-corrected chi connectivity index (χ4v) is 3.74. The summed E-state index contributed by atoms with van der Waals surface area (Å²) in [6.45, 7) is 6.17. The minimum Gasteiger partial charge on any atom is -0.489 e. The zero-order chi connectivity index (χ0) is 21.7. The second-order valence-corrected chi connectivity index (χ2v) is 7.74. The molecule has 30 heavy (non-hydrogen) atoms. The third-order valence-electron chi connectivity index (χ3n) is 4.08. The third-order valence-corrected chi connectivity index (χ3v) is 5.09. The average Bonchev–Trinajstić information content (AvgIpc) is 2.69. The molecular formula is C22H22F3N3OS. The lowest BCUT2D eigenvalue weighted by molar-refractivity contribution is -0.140. The van der Waals surface area contributed by atoms with E-state index in [0.717, 1.165) is 18.0 Å². The number of ether oxygens (including phenoxy) is 1. The predicted octanol–water partition coefficient (Wildman–Crippen LogP) is 6.59. The molecule has 0 saturated heterocycles. The molecular weight excluding hydrogens is 411 g/mol. The summed E-state index contributed by atoms with van der Waals surface area (Å²) in [5.74, 6) is 0.804. The van der Waals surface area contributed by atoms with Crippen LogP contribution in [0.25, 0.3) is 0 Å². The number of hydrogen-bond acceptors (Lipinski definition) is 5. The molecule has 0 saturated carbocycles. The maximum absolute atomic E-state index is 13.6. The van der Waals surface area contributed by atoms with Crippen LogP contribution in [0.15, 0.2) is 70.7 Å². The Balaban J connectivity index is 2.06.